The van der Waals surface area contributed by atoms with Crippen LogP contribution in [-0.2, 0) is 0 Å². The van der Waals surface area contributed by atoms with Crippen molar-refractivity contribution in [3.8, 4) is 34.2 Å². The fourth-order valence-corrected chi connectivity index (χ4v) is 2.39. The highest BCUT2D eigenvalue weighted by Crippen LogP contribution is 2.34. The molecule has 0 unspecified atom stereocenters. The van der Waals surface area contributed by atoms with Crippen LogP contribution < -0.4 is 10.5 Å². The van der Waals surface area contributed by atoms with Gasteiger partial charge in [-0.1, -0.05) is 0 Å². The van der Waals surface area contributed by atoms with Gasteiger partial charge in [0.25, 0.3) is 0 Å². The van der Waals surface area contributed by atoms with Crippen LogP contribution in [0.1, 0.15) is 5.56 Å². The normalized spacial score (nSPS) is 10.2. The molecule has 0 fully saturated rings. The second kappa shape index (κ2) is 6.34. The average molecular weight is 320 g/mol. The van der Waals surface area contributed by atoms with Crippen LogP contribution in [0.3, 0.4) is 0 Å². The molecule has 24 heavy (non-hydrogen) atoms. The Hall–Kier alpha value is -3.46. The molecule has 2 N–H and O–H groups in total. The molecule has 0 radical (unpaired) electrons. The number of nitrogens with two attached hydrogens (primary N) is 1. The molecule has 6 heteroatoms. The zero-order valence-electron chi connectivity index (χ0n) is 12.8. The molecule has 0 spiro atoms. The maximum absolute atomic E-state index is 14.3. The third-order valence-electron chi connectivity index (χ3n) is 3.58. The van der Waals surface area contributed by atoms with E-state index < -0.39 is 5.82 Å². The van der Waals surface area contributed by atoms with E-state index in [4.69, 9.17) is 10.5 Å². The molecular weight excluding hydrogens is 307 g/mol. The SMILES string of the molecule is COc1ccc(F)c(-c2cc(-c3cccnc3)nc(N)c2C#N)c1. The molecule has 0 amide bonds. The van der Waals surface area contributed by atoms with Crippen LogP contribution >= 0.6 is 0 Å². The van der Waals surface area contributed by atoms with Gasteiger partial charge in [0, 0.05) is 29.1 Å². The lowest BCUT2D eigenvalue weighted by Crippen LogP contribution is -2.01. The summed E-state index contributed by atoms with van der Waals surface area (Å²) < 4.78 is 19.5. The molecule has 0 aliphatic carbocycles. The Morgan fingerprint density at radius 2 is 2.04 bits per heavy atom. The van der Waals surface area contributed by atoms with Gasteiger partial charge < -0.3 is 10.5 Å². The number of anilines is 1. The van der Waals surface area contributed by atoms with E-state index in [1.54, 1.807) is 24.5 Å². The first-order chi connectivity index (χ1) is 11.6. The second-order valence-electron chi connectivity index (χ2n) is 5.01. The largest absolute Gasteiger partial charge is 0.497 e. The van der Waals surface area contributed by atoms with Crippen molar-refractivity contribution >= 4 is 5.82 Å². The van der Waals surface area contributed by atoms with Crippen LogP contribution in [-0.4, -0.2) is 17.1 Å². The first-order valence-electron chi connectivity index (χ1n) is 7.09. The predicted octanol–water partition coefficient (Wildman–Crippen LogP) is 3.41. The topological polar surface area (TPSA) is 84.8 Å². The first-order valence-corrected chi connectivity index (χ1v) is 7.09. The van der Waals surface area contributed by atoms with Crippen LogP contribution in [0.2, 0.25) is 0 Å². The number of aromatic nitrogens is 2. The summed E-state index contributed by atoms with van der Waals surface area (Å²) in [5.74, 6) is 0.0414. The fraction of sp³-hybridized carbons (Fsp3) is 0.0556. The molecule has 0 atom stereocenters. The number of benzene rings is 1. The number of hydrogen-bond donors (Lipinski definition) is 1. The fourth-order valence-electron chi connectivity index (χ4n) is 2.39. The van der Waals surface area contributed by atoms with Crippen molar-refractivity contribution in [2.75, 3.05) is 12.8 Å². The van der Waals surface area contributed by atoms with Crippen molar-refractivity contribution in [3.05, 3.63) is 60.2 Å². The quantitative estimate of drug-likeness (QED) is 0.799. The second-order valence-corrected chi connectivity index (χ2v) is 5.01. The predicted molar refractivity (Wildman–Crippen MR) is 88.5 cm³/mol. The molecule has 1 aromatic carbocycles. The van der Waals surface area contributed by atoms with Gasteiger partial charge in [-0.25, -0.2) is 9.37 Å². The summed E-state index contributed by atoms with van der Waals surface area (Å²) in [5, 5.41) is 9.40. The zero-order chi connectivity index (χ0) is 17.1. The van der Waals surface area contributed by atoms with Gasteiger partial charge >= 0.3 is 0 Å². The number of nitrogen functional groups attached to an aromatic ring is 1. The molecule has 5 nitrogen and oxygen atoms in total. The van der Waals surface area contributed by atoms with Gasteiger partial charge in [-0.3, -0.25) is 4.98 Å². The lowest BCUT2D eigenvalue weighted by atomic mass is 9.98. The van der Waals surface area contributed by atoms with Crippen molar-refractivity contribution in [3.63, 3.8) is 0 Å². The molecule has 0 saturated heterocycles. The number of hydrogen-bond acceptors (Lipinski definition) is 5. The minimum atomic E-state index is -0.477. The molecule has 3 aromatic rings. The maximum atomic E-state index is 14.3. The maximum Gasteiger partial charge on any atom is 0.142 e. The summed E-state index contributed by atoms with van der Waals surface area (Å²) >= 11 is 0. The smallest absolute Gasteiger partial charge is 0.142 e. The molecule has 0 saturated carbocycles. The number of halogens is 1. The van der Waals surface area contributed by atoms with E-state index in [0.29, 0.717) is 17.0 Å². The van der Waals surface area contributed by atoms with E-state index in [2.05, 4.69) is 9.97 Å². The summed E-state index contributed by atoms with van der Waals surface area (Å²) in [4.78, 5) is 8.27. The minimum Gasteiger partial charge on any atom is -0.497 e. The first kappa shape index (κ1) is 15.4. The highest BCUT2D eigenvalue weighted by atomic mass is 19.1. The Bertz CT molecular complexity index is 936. The number of nitrogens with zero attached hydrogens (tertiary/aromatic N) is 3. The van der Waals surface area contributed by atoms with E-state index >= 15 is 0 Å². The zero-order valence-corrected chi connectivity index (χ0v) is 12.8. The Morgan fingerprint density at radius 3 is 2.71 bits per heavy atom. The monoisotopic (exact) mass is 320 g/mol. The van der Waals surface area contributed by atoms with Crippen molar-refractivity contribution in [2.24, 2.45) is 0 Å². The van der Waals surface area contributed by atoms with E-state index in [1.165, 1.54) is 25.3 Å². The van der Waals surface area contributed by atoms with Crippen LogP contribution in [0.25, 0.3) is 22.4 Å². The Morgan fingerprint density at radius 1 is 1.21 bits per heavy atom. The van der Waals surface area contributed by atoms with Crippen molar-refractivity contribution in [1.82, 2.24) is 9.97 Å². The standard InChI is InChI=1S/C18H13FN4O/c1-24-12-4-5-16(19)14(7-12)13-8-17(11-3-2-6-22-10-11)23-18(21)15(13)9-20/h2-8,10H,1H3,(H2,21,23). The highest BCUT2D eigenvalue weighted by Gasteiger charge is 2.17. The lowest BCUT2D eigenvalue weighted by molar-refractivity contribution is 0.414. The number of nitriles is 1. The van der Waals surface area contributed by atoms with Crippen LogP contribution in [0.4, 0.5) is 10.2 Å². The Balaban J connectivity index is 2.27. The number of methoxy groups -OCH3 is 1. The van der Waals surface area contributed by atoms with Gasteiger partial charge in [-0.15, -0.1) is 0 Å². The number of pyridine rings is 2. The Labute approximate surface area is 138 Å². The van der Waals surface area contributed by atoms with Gasteiger partial charge in [-0.05, 0) is 36.4 Å². The minimum absolute atomic E-state index is 0.0380. The average Bonchev–Trinajstić information content (AvgIpc) is 2.62. The summed E-state index contributed by atoms with van der Waals surface area (Å²) in [6.45, 7) is 0. The van der Waals surface area contributed by atoms with Gasteiger partial charge in [0.1, 0.15) is 29.0 Å². The van der Waals surface area contributed by atoms with Gasteiger partial charge in [0.15, 0.2) is 0 Å². The third kappa shape index (κ3) is 2.75. The highest BCUT2D eigenvalue weighted by molar-refractivity contribution is 5.80. The third-order valence-corrected chi connectivity index (χ3v) is 3.58. The van der Waals surface area contributed by atoms with Gasteiger partial charge in [-0.2, -0.15) is 5.26 Å². The van der Waals surface area contributed by atoms with E-state index in [-0.39, 0.29) is 16.9 Å². The van der Waals surface area contributed by atoms with E-state index in [1.807, 2.05) is 12.1 Å². The molecule has 0 bridgehead atoms. The lowest BCUT2D eigenvalue weighted by Gasteiger charge is -2.12. The Kier molecular flexibility index (Phi) is 4.08. The molecule has 0 aliphatic rings. The molecule has 2 aromatic heterocycles. The van der Waals surface area contributed by atoms with Gasteiger partial charge in [0.2, 0.25) is 0 Å². The summed E-state index contributed by atoms with van der Waals surface area (Å²) in [6, 6.07) is 11.5. The van der Waals surface area contributed by atoms with Crippen molar-refractivity contribution < 1.29 is 9.13 Å². The van der Waals surface area contributed by atoms with Crippen LogP contribution in [0.15, 0.2) is 48.8 Å². The van der Waals surface area contributed by atoms with E-state index in [9.17, 15) is 9.65 Å². The molecule has 0 aliphatic heterocycles. The van der Waals surface area contributed by atoms with Gasteiger partial charge in [0.05, 0.1) is 12.8 Å². The van der Waals surface area contributed by atoms with Crippen LogP contribution in [0, 0.1) is 17.1 Å². The summed E-state index contributed by atoms with van der Waals surface area (Å²) in [7, 11) is 1.49. The molecule has 3 rings (SSSR count). The molecule has 2 heterocycles. The summed E-state index contributed by atoms with van der Waals surface area (Å²) in [5.41, 5.74) is 7.86. The van der Waals surface area contributed by atoms with Crippen molar-refractivity contribution in [2.45, 2.75) is 0 Å². The van der Waals surface area contributed by atoms with Crippen LogP contribution in [0.5, 0.6) is 5.75 Å². The number of ether oxygens (including phenoxy) is 1. The number of rotatable bonds is 3. The summed E-state index contributed by atoms with van der Waals surface area (Å²) in [6.07, 6.45) is 3.26. The molecule has 118 valence electrons. The molecular formula is C18H13FN4O. The van der Waals surface area contributed by atoms with Crippen molar-refractivity contribution in [1.29, 1.82) is 5.26 Å². The van der Waals surface area contributed by atoms with E-state index in [0.717, 1.165) is 5.56 Å².